The molecular weight excluding hydrogens is 266 g/mol. The van der Waals surface area contributed by atoms with Crippen molar-refractivity contribution >= 4 is 21.6 Å². The van der Waals surface area contributed by atoms with Gasteiger partial charge in [0.25, 0.3) is 0 Å². The van der Waals surface area contributed by atoms with Crippen molar-refractivity contribution in [3.05, 3.63) is 18.2 Å². The summed E-state index contributed by atoms with van der Waals surface area (Å²) in [6, 6.07) is 4.54. The number of benzene rings is 1. The Morgan fingerprint density at radius 3 is 2.76 bits per heavy atom. The van der Waals surface area contributed by atoms with Crippen LogP contribution < -0.4 is 9.47 Å². The van der Waals surface area contributed by atoms with Crippen LogP contribution in [0, 0.1) is 0 Å². The first-order valence-electron chi connectivity index (χ1n) is 4.97. The van der Waals surface area contributed by atoms with E-state index in [1.165, 1.54) is 23.5 Å². The van der Waals surface area contributed by atoms with Crippen LogP contribution in [0.2, 0.25) is 0 Å². The molecule has 0 aromatic heterocycles. The summed E-state index contributed by atoms with van der Waals surface area (Å²) in [5, 5.41) is 0. The number of sulfonamides is 1. The summed E-state index contributed by atoms with van der Waals surface area (Å²) in [5.41, 5.74) is 0. The van der Waals surface area contributed by atoms with Gasteiger partial charge in [-0.05, 0) is 12.1 Å². The van der Waals surface area contributed by atoms with Crippen molar-refractivity contribution in [2.75, 3.05) is 26.3 Å². The van der Waals surface area contributed by atoms with Gasteiger partial charge in [-0.15, -0.1) is 11.6 Å². The molecule has 7 heteroatoms. The van der Waals surface area contributed by atoms with E-state index in [1.807, 2.05) is 0 Å². The summed E-state index contributed by atoms with van der Waals surface area (Å²) < 4.78 is 35.7. The minimum absolute atomic E-state index is 0.121. The van der Waals surface area contributed by atoms with Crippen molar-refractivity contribution in [2.24, 2.45) is 0 Å². The fourth-order valence-electron chi connectivity index (χ4n) is 1.46. The smallest absolute Gasteiger partial charge is 0.242 e. The Bertz CT molecular complexity index is 517. The maximum Gasteiger partial charge on any atom is 0.242 e. The predicted octanol–water partition coefficient (Wildman–Crippen LogP) is 1.27. The Labute approximate surface area is 105 Å². The first-order valence-corrected chi connectivity index (χ1v) is 6.95. The van der Waals surface area contributed by atoms with Gasteiger partial charge in [-0.25, -0.2) is 8.42 Å². The molecule has 1 aliphatic rings. The molecule has 0 fully saturated rings. The van der Waals surface area contributed by atoms with E-state index in [0.29, 0.717) is 11.5 Å². The van der Waals surface area contributed by atoms with Crippen molar-refractivity contribution in [1.82, 2.24) is 4.31 Å². The normalized spacial score (nSPS) is 14.3. The lowest BCUT2D eigenvalue weighted by molar-refractivity contribution is 0.174. The van der Waals surface area contributed by atoms with Crippen LogP contribution in [0.3, 0.4) is 0 Å². The molecule has 17 heavy (non-hydrogen) atoms. The van der Waals surface area contributed by atoms with Crippen molar-refractivity contribution in [2.45, 2.75) is 4.90 Å². The van der Waals surface area contributed by atoms with Crippen LogP contribution in [-0.2, 0) is 10.0 Å². The molecule has 0 aliphatic carbocycles. The quantitative estimate of drug-likeness (QED) is 0.778. The minimum atomic E-state index is -3.51. The molecular formula is C10H12ClNO4S. The number of rotatable bonds is 4. The molecule has 1 aliphatic heterocycles. The van der Waals surface area contributed by atoms with Crippen molar-refractivity contribution in [3.8, 4) is 11.5 Å². The molecule has 1 heterocycles. The lowest BCUT2D eigenvalue weighted by Crippen LogP contribution is -2.28. The maximum absolute atomic E-state index is 12.1. The molecule has 0 saturated heterocycles. The van der Waals surface area contributed by atoms with E-state index in [0.717, 1.165) is 0 Å². The van der Waals surface area contributed by atoms with Crippen LogP contribution in [-0.4, -0.2) is 39.0 Å². The van der Waals surface area contributed by atoms with Crippen molar-refractivity contribution in [3.63, 3.8) is 0 Å². The zero-order valence-corrected chi connectivity index (χ0v) is 10.8. The highest BCUT2D eigenvalue weighted by molar-refractivity contribution is 7.89. The third-order valence-electron chi connectivity index (χ3n) is 2.45. The second kappa shape index (κ2) is 4.72. The van der Waals surface area contributed by atoms with Gasteiger partial charge in [-0.3, -0.25) is 0 Å². The van der Waals surface area contributed by atoms with Gasteiger partial charge >= 0.3 is 0 Å². The minimum Gasteiger partial charge on any atom is -0.454 e. The molecule has 1 aromatic carbocycles. The third-order valence-corrected chi connectivity index (χ3v) is 4.47. The summed E-state index contributed by atoms with van der Waals surface area (Å²) in [4.78, 5) is 0.175. The predicted molar refractivity (Wildman–Crippen MR) is 63.1 cm³/mol. The Hall–Kier alpha value is -0.980. The molecule has 1 aromatic rings. The topological polar surface area (TPSA) is 55.8 Å². The first-order chi connectivity index (χ1) is 8.05. The van der Waals surface area contributed by atoms with Gasteiger partial charge in [0, 0.05) is 25.5 Å². The Balaban J connectivity index is 2.34. The summed E-state index contributed by atoms with van der Waals surface area (Å²) in [6.45, 7) is 0.384. The van der Waals surface area contributed by atoms with E-state index in [9.17, 15) is 8.42 Å². The monoisotopic (exact) mass is 277 g/mol. The summed E-state index contributed by atoms with van der Waals surface area (Å²) >= 11 is 5.53. The lowest BCUT2D eigenvalue weighted by Gasteiger charge is -2.15. The average molecular weight is 278 g/mol. The Morgan fingerprint density at radius 2 is 2.06 bits per heavy atom. The zero-order chi connectivity index (χ0) is 12.5. The summed E-state index contributed by atoms with van der Waals surface area (Å²) in [7, 11) is -2.02. The van der Waals surface area contributed by atoms with Gasteiger partial charge < -0.3 is 9.47 Å². The largest absolute Gasteiger partial charge is 0.454 e. The second-order valence-electron chi connectivity index (χ2n) is 3.53. The van der Waals surface area contributed by atoms with E-state index in [4.69, 9.17) is 21.1 Å². The fourth-order valence-corrected chi connectivity index (χ4v) is 3.00. The molecule has 0 saturated carbocycles. The van der Waals surface area contributed by atoms with Gasteiger partial charge in [0.15, 0.2) is 11.5 Å². The van der Waals surface area contributed by atoms with Crippen molar-refractivity contribution in [1.29, 1.82) is 0 Å². The Morgan fingerprint density at radius 1 is 1.35 bits per heavy atom. The van der Waals surface area contributed by atoms with Gasteiger partial charge in [0.05, 0.1) is 4.90 Å². The molecule has 5 nitrogen and oxygen atoms in total. The van der Waals surface area contributed by atoms with Crippen LogP contribution in [0.4, 0.5) is 0 Å². The molecule has 0 unspecified atom stereocenters. The van der Waals surface area contributed by atoms with Crippen LogP contribution in [0.1, 0.15) is 0 Å². The van der Waals surface area contributed by atoms with E-state index < -0.39 is 10.0 Å². The van der Waals surface area contributed by atoms with Crippen molar-refractivity contribution < 1.29 is 17.9 Å². The molecule has 2 rings (SSSR count). The summed E-state index contributed by atoms with van der Waals surface area (Å²) in [6.07, 6.45) is 0. The van der Waals surface area contributed by atoms with Gasteiger partial charge in [-0.2, -0.15) is 4.31 Å². The van der Waals surface area contributed by atoms with Gasteiger partial charge in [0.1, 0.15) is 0 Å². The maximum atomic E-state index is 12.1. The highest BCUT2D eigenvalue weighted by atomic mass is 35.5. The van der Waals surface area contributed by atoms with Crippen LogP contribution in [0.25, 0.3) is 0 Å². The average Bonchev–Trinajstić information content (AvgIpc) is 2.76. The number of halogens is 1. The van der Waals surface area contributed by atoms with Crippen LogP contribution in [0.5, 0.6) is 11.5 Å². The molecule has 0 amide bonds. The number of alkyl halides is 1. The summed E-state index contributed by atoms with van der Waals surface area (Å²) in [5.74, 6) is 1.26. The second-order valence-corrected chi connectivity index (χ2v) is 5.95. The fraction of sp³-hybridized carbons (Fsp3) is 0.400. The molecule has 0 atom stereocenters. The van der Waals surface area contributed by atoms with E-state index in [1.54, 1.807) is 6.07 Å². The van der Waals surface area contributed by atoms with E-state index in [-0.39, 0.29) is 24.1 Å². The highest BCUT2D eigenvalue weighted by Crippen LogP contribution is 2.34. The van der Waals surface area contributed by atoms with Gasteiger partial charge in [-0.1, -0.05) is 0 Å². The molecule has 0 radical (unpaired) electrons. The first kappa shape index (κ1) is 12.5. The Kier molecular flexibility index (Phi) is 3.46. The highest BCUT2D eigenvalue weighted by Gasteiger charge is 2.23. The standard InChI is InChI=1S/C10H12ClNO4S/c1-12(5-4-11)17(13,14)8-2-3-9-10(6-8)16-7-15-9/h2-3,6H,4-5,7H2,1H3. The van der Waals surface area contributed by atoms with E-state index in [2.05, 4.69) is 0 Å². The number of hydrogen-bond donors (Lipinski definition) is 0. The molecule has 0 bridgehead atoms. The number of nitrogens with zero attached hydrogens (tertiary/aromatic N) is 1. The van der Waals surface area contributed by atoms with Crippen LogP contribution in [0.15, 0.2) is 23.1 Å². The van der Waals surface area contributed by atoms with Gasteiger partial charge in [0.2, 0.25) is 16.8 Å². The third kappa shape index (κ3) is 2.34. The van der Waals surface area contributed by atoms with Crippen LogP contribution >= 0.6 is 11.6 Å². The molecule has 0 N–H and O–H groups in total. The lowest BCUT2D eigenvalue weighted by atomic mass is 10.3. The number of ether oxygens (including phenoxy) is 2. The number of hydrogen-bond acceptors (Lipinski definition) is 4. The number of fused-ring (bicyclic) bond motifs is 1. The molecule has 94 valence electrons. The molecule has 0 spiro atoms. The van der Waals surface area contributed by atoms with E-state index >= 15 is 0 Å². The zero-order valence-electron chi connectivity index (χ0n) is 9.22. The SMILES string of the molecule is CN(CCCl)S(=O)(=O)c1ccc2c(c1)OCO2.